The molecule has 0 fully saturated rings. The van der Waals surface area contributed by atoms with Crippen LogP contribution in [0, 0.1) is 41.5 Å². The predicted octanol–water partition coefficient (Wildman–Crippen LogP) is 6.87. The third kappa shape index (κ3) is 3.01. The summed E-state index contributed by atoms with van der Waals surface area (Å²) in [6.45, 7) is 13.2. The van der Waals surface area contributed by atoms with Gasteiger partial charge in [0, 0.05) is 0 Å². The largest absolute Gasteiger partial charge is 0.0590 e. The van der Waals surface area contributed by atoms with Crippen LogP contribution in [-0.2, 0) is 0 Å². The van der Waals surface area contributed by atoms with Crippen molar-refractivity contribution < 1.29 is 0 Å². The van der Waals surface area contributed by atoms with Gasteiger partial charge in [-0.15, -0.1) is 0 Å². The van der Waals surface area contributed by atoms with Crippen LogP contribution in [0.1, 0.15) is 33.4 Å². The molecule has 24 heavy (non-hydrogen) atoms. The molecule has 0 heterocycles. The van der Waals surface area contributed by atoms with E-state index in [0.29, 0.717) is 0 Å². The molecule has 3 rings (SSSR count). The fourth-order valence-electron chi connectivity index (χ4n) is 3.45. The highest BCUT2D eigenvalue weighted by Crippen LogP contribution is 2.35. The van der Waals surface area contributed by atoms with E-state index in [1.807, 2.05) is 0 Å². The zero-order valence-corrected chi connectivity index (χ0v) is 15.6. The molecule has 0 amide bonds. The molecule has 0 spiro atoms. The van der Waals surface area contributed by atoms with E-state index in [9.17, 15) is 0 Å². The summed E-state index contributed by atoms with van der Waals surface area (Å²) in [5, 5.41) is 0. The van der Waals surface area contributed by atoms with Gasteiger partial charge >= 0.3 is 0 Å². The molecular weight excluding hydrogens is 288 g/mol. The van der Waals surface area contributed by atoms with Crippen LogP contribution < -0.4 is 0 Å². The lowest BCUT2D eigenvalue weighted by molar-refractivity contribution is 1.33. The normalized spacial score (nSPS) is 10.9. The van der Waals surface area contributed by atoms with Gasteiger partial charge in [-0.3, -0.25) is 0 Å². The number of hydrogen-bond donors (Lipinski definition) is 0. The van der Waals surface area contributed by atoms with Crippen molar-refractivity contribution >= 4 is 0 Å². The molecule has 0 unspecified atom stereocenters. The molecule has 0 saturated heterocycles. The smallest absolute Gasteiger partial charge is 0.0149 e. The van der Waals surface area contributed by atoms with Crippen LogP contribution in [0.4, 0.5) is 0 Å². The van der Waals surface area contributed by atoms with Gasteiger partial charge in [0.1, 0.15) is 0 Å². The van der Waals surface area contributed by atoms with Gasteiger partial charge < -0.3 is 0 Å². The maximum Gasteiger partial charge on any atom is -0.0149 e. The molecule has 0 aliphatic rings. The maximum atomic E-state index is 2.36. The summed E-state index contributed by atoms with van der Waals surface area (Å²) in [6, 6.07) is 18.1. The van der Waals surface area contributed by atoms with Crippen molar-refractivity contribution in [1.82, 2.24) is 0 Å². The molecule has 122 valence electrons. The Morgan fingerprint density at radius 2 is 0.708 bits per heavy atom. The number of rotatable bonds is 2. The minimum Gasteiger partial charge on any atom is -0.0590 e. The molecule has 0 radical (unpaired) electrons. The van der Waals surface area contributed by atoms with Gasteiger partial charge in [0.15, 0.2) is 0 Å². The van der Waals surface area contributed by atoms with Gasteiger partial charge in [0.25, 0.3) is 0 Å². The van der Waals surface area contributed by atoms with Gasteiger partial charge in [-0.05, 0) is 86.1 Å². The monoisotopic (exact) mass is 314 g/mol. The highest BCUT2D eigenvalue weighted by Gasteiger charge is 2.12. The van der Waals surface area contributed by atoms with Gasteiger partial charge in [-0.2, -0.15) is 0 Å². The summed E-state index contributed by atoms with van der Waals surface area (Å²) in [6.07, 6.45) is 0. The Morgan fingerprint density at radius 1 is 0.375 bits per heavy atom. The Kier molecular flexibility index (Phi) is 4.32. The third-order valence-corrected chi connectivity index (χ3v) is 4.94. The quantitative estimate of drug-likeness (QED) is 0.484. The molecule has 3 aromatic rings. The first-order valence-corrected chi connectivity index (χ1v) is 8.63. The number of aryl methyl sites for hydroxylation is 6. The zero-order valence-electron chi connectivity index (χ0n) is 15.6. The Balaban J connectivity index is 2.20. The van der Waals surface area contributed by atoms with Crippen LogP contribution in [0.3, 0.4) is 0 Å². The molecule has 0 aliphatic carbocycles. The van der Waals surface area contributed by atoms with Crippen LogP contribution in [-0.4, -0.2) is 0 Å². The molecule has 0 heteroatoms. The van der Waals surface area contributed by atoms with E-state index in [0.717, 1.165) is 0 Å². The van der Waals surface area contributed by atoms with Crippen LogP contribution in [0.15, 0.2) is 48.5 Å². The molecule has 0 bridgehead atoms. The molecule has 0 nitrogen and oxygen atoms in total. The minimum absolute atomic E-state index is 1.31. The molecule has 3 aromatic carbocycles. The van der Waals surface area contributed by atoms with Gasteiger partial charge in [0.05, 0.1) is 0 Å². The van der Waals surface area contributed by atoms with E-state index in [4.69, 9.17) is 0 Å². The first kappa shape index (κ1) is 16.5. The van der Waals surface area contributed by atoms with Crippen molar-refractivity contribution in [3.05, 3.63) is 81.9 Å². The number of hydrogen-bond acceptors (Lipinski definition) is 0. The first-order valence-electron chi connectivity index (χ1n) is 8.63. The lowest BCUT2D eigenvalue weighted by atomic mass is 9.88. The van der Waals surface area contributed by atoms with Crippen molar-refractivity contribution in [3.63, 3.8) is 0 Å². The summed E-state index contributed by atoms with van der Waals surface area (Å²) >= 11 is 0. The lowest BCUT2D eigenvalue weighted by Crippen LogP contribution is -1.94. The van der Waals surface area contributed by atoms with Crippen molar-refractivity contribution in [2.75, 3.05) is 0 Å². The second kappa shape index (κ2) is 6.28. The average Bonchev–Trinajstić information content (AvgIpc) is 2.54. The molecule has 0 atom stereocenters. The SMILES string of the molecule is Cc1ccc(C)c(-c2cc(C)c(-c3cc(C)ccc3C)cc2C)c1. The van der Waals surface area contributed by atoms with E-state index < -0.39 is 0 Å². The van der Waals surface area contributed by atoms with Crippen LogP contribution in [0.2, 0.25) is 0 Å². The summed E-state index contributed by atoms with van der Waals surface area (Å²) in [4.78, 5) is 0. The van der Waals surface area contributed by atoms with E-state index in [2.05, 4.69) is 90.1 Å². The van der Waals surface area contributed by atoms with Crippen LogP contribution in [0.25, 0.3) is 22.3 Å². The molecular formula is C24H26. The maximum absolute atomic E-state index is 2.36. The van der Waals surface area contributed by atoms with E-state index in [-0.39, 0.29) is 0 Å². The van der Waals surface area contributed by atoms with E-state index in [1.54, 1.807) is 0 Å². The zero-order chi connectivity index (χ0) is 17.4. The minimum atomic E-state index is 1.31. The van der Waals surface area contributed by atoms with E-state index in [1.165, 1.54) is 55.6 Å². The van der Waals surface area contributed by atoms with Crippen molar-refractivity contribution in [2.24, 2.45) is 0 Å². The molecule has 0 aliphatic heterocycles. The second-order valence-electron chi connectivity index (χ2n) is 7.12. The molecule has 0 saturated carbocycles. The van der Waals surface area contributed by atoms with Crippen molar-refractivity contribution in [2.45, 2.75) is 41.5 Å². The molecule has 0 aromatic heterocycles. The Bertz CT molecular complexity index is 836. The van der Waals surface area contributed by atoms with Crippen molar-refractivity contribution in [3.8, 4) is 22.3 Å². The highest BCUT2D eigenvalue weighted by atomic mass is 14.2. The molecule has 0 N–H and O–H groups in total. The van der Waals surface area contributed by atoms with Gasteiger partial charge in [-0.25, -0.2) is 0 Å². The Morgan fingerprint density at radius 3 is 1.08 bits per heavy atom. The Hall–Kier alpha value is -2.34. The van der Waals surface area contributed by atoms with Crippen molar-refractivity contribution in [1.29, 1.82) is 0 Å². The fraction of sp³-hybridized carbons (Fsp3) is 0.250. The average molecular weight is 314 g/mol. The predicted molar refractivity (Wildman–Crippen MR) is 106 cm³/mol. The Labute approximate surface area is 146 Å². The van der Waals surface area contributed by atoms with Crippen LogP contribution in [0.5, 0.6) is 0 Å². The topological polar surface area (TPSA) is 0 Å². The van der Waals surface area contributed by atoms with E-state index >= 15 is 0 Å². The summed E-state index contributed by atoms with van der Waals surface area (Å²) in [5.74, 6) is 0. The fourth-order valence-corrected chi connectivity index (χ4v) is 3.45. The van der Waals surface area contributed by atoms with Gasteiger partial charge in [0.2, 0.25) is 0 Å². The third-order valence-electron chi connectivity index (χ3n) is 4.94. The summed E-state index contributed by atoms with van der Waals surface area (Å²) < 4.78 is 0. The summed E-state index contributed by atoms with van der Waals surface area (Å²) in [7, 11) is 0. The summed E-state index contributed by atoms with van der Waals surface area (Å²) in [5.41, 5.74) is 13.4. The number of benzene rings is 3. The second-order valence-corrected chi connectivity index (χ2v) is 7.12. The lowest BCUT2D eigenvalue weighted by Gasteiger charge is -2.16. The highest BCUT2D eigenvalue weighted by molar-refractivity contribution is 5.79. The van der Waals surface area contributed by atoms with Gasteiger partial charge in [-0.1, -0.05) is 59.7 Å². The van der Waals surface area contributed by atoms with Crippen LogP contribution >= 0.6 is 0 Å². The first-order chi connectivity index (χ1) is 11.4. The standard InChI is InChI=1S/C24H26/c1-15-7-9-17(3)21(11-15)23-13-20(6)24(14-19(23)5)22-12-16(2)8-10-18(22)4/h7-14H,1-6H3.